The van der Waals surface area contributed by atoms with Crippen LogP contribution in [0.2, 0.25) is 0 Å². The monoisotopic (exact) mass is 276 g/mol. The van der Waals surface area contributed by atoms with Crippen molar-refractivity contribution < 1.29 is 4.39 Å². The summed E-state index contributed by atoms with van der Waals surface area (Å²) in [5.74, 6) is 0. The zero-order valence-electron chi connectivity index (χ0n) is 6.55. The Morgan fingerprint density at radius 2 is 2.23 bits per heavy atom. The van der Waals surface area contributed by atoms with Gasteiger partial charge in [0, 0.05) is 15.4 Å². The van der Waals surface area contributed by atoms with Crippen molar-refractivity contribution in [3.8, 4) is 0 Å². The van der Waals surface area contributed by atoms with Crippen LogP contribution in [0.3, 0.4) is 0 Å². The fourth-order valence-electron chi connectivity index (χ4n) is 1.18. The summed E-state index contributed by atoms with van der Waals surface area (Å²) in [6, 6.07) is 5.87. The fraction of sp³-hybridized carbons (Fsp3) is 0.111. The van der Waals surface area contributed by atoms with Crippen molar-refractivity contribution in [1.82, 2.24) is 0 Å². The van der Waals surface area contributed by atoms with Gasteiger partial charge in [-0.15, -0.1) is 24.0 Å². The third-order valence-corrected chi connectivity index (χ3v) is 4.02. The average Bonchev–Trinajstić information content (AvgIpc) is 2.42. The Labute approximate surface area is 93.3 Å². The molecule has 0 saturated carbocycles. The van der Waals surface area contributed by atoms with Crippen molar-refractivity contribution in [2.24, 2.45) is 0 Å². The molecule has 2 rings (SSSR count). The average molecular weight is 277 g/mol. The highest BCUT2D eigenvalue weighted by molar-refractivity contribution is 9.08. The number of fused-ring (bicyclic) bond motifs is 1. The molecule has 1 heterocycles. The number of hydrogen-bond acceptors (Lipinski definition) is 2. The molecule has 0 N–H and O–H groups in total. The number of thiol groups is 1. The number of thiophene rings is 1. The van der Waals surface area contributed by atoms with Crippen LogP contribution in [0.5, 0.6) is 0 Å². The highest BCUT2D eigenvalue weighted by Gasteiger charge is 2.08. The van der Waals surface area contributed by atoms with Gasteiger partial charge in [-0.2, -0.15) is 4.39 Å². The summed E-state index contributed by atoms with van der Waals surface area (Å²) < 4.78 is 14.1. The first-order valence-corrected chi connectivity index (χ1v) is 6.06. The van der Waals surface area contributed by atoms with Gasteiger partial charge in [0.2, 0.25) is 0 Å². The topological polar surface area (TPSA) is 0 Å². The molecular weight excluding hydrogens is 271 g/mol. The Morgan fingerprint density at radius 3 is 2.92 bits per heavy atom. The van der Waals surface area contributed by atoms with E-state index in [1.54, 1.807) is 0 Å². The van der Waals surface area contributed by atoms with Gasteiger partial charge in [-0.25, -0.2) is 0 Å². The van der Waals surface area contributed by atoms with Crippen LogP contribution in [0.1, 0.15) is 5.56 Å². The van der Waals surface area contributed by atoms with E-state index >= 15 is 0 Å². The van der Waals surface area contributed by atoms with Gasteiger partial charge in [0.15, 0.2) is 5.13 Å². The molecule has 0 saturated heterocycles. The molecule has 2 aromatic rings. The summed E-state index contributed by atoms with van der Waals surface area (Å²) in [6.45, 7) is 0. The van der Waals surface area contributed by atoms with Crippen molar-refractivity contribution in [3.05, 3.63) is 28.9 Å². The molecule has 0 bridgehead atoms. The van der Waals surface area contributed by atoms with Crippen molar-refractivity contribution in [1.29, 1.82) is 0 Å². The number of rotatable bonds is 1. The SMILES string of the molecule is Fc1sc2cc(CBr)ccc2c1S. The normalized spacial score (nSPS) is 11.0. The van der Waals surface area contributed by atoms with Crippen LogP contribution >= 0.6 is 39.9 Å². The van der Waals surface area contributed by atoms with Crippen LogP contribution in [0, 0.1) is 5.13 Å². The van der Waals surface area contributed by atoms with Crippen LogP contribution in [-0.2, 0) is 5.33 Å². The summed E-state index contributed by atoms with van der Waals surface area (Å²) in [7, 11) is 0. The van der Waals surface area contributed by atoms with E-state index in [2.05, 4.69) is 28.6 Å². The number of alkyl halides is 1. The molecule has 0 aliphatic heterocycles. The molecule has 0 atom stereocenters. The lowest BCUT2D eigenvalue weighted by atomic mass is 10.2. The van der Waals surface area contributed by atoms with Crippen LogP contribution < -0.4 is 0 Å². The molecule has 0 nitrogen and oxygen atoms in total. The standard InChI is InChI=1S/C9H6BrFS2/c10-4-5-1-2-6-7(3-5)13-9(11)8(6)12/h1-3,12H,4H2. The van der Waals surface area contributed by atoms with E-state index in [-0.39, 0.29) is 5.13 Å². The minimum absolute atomic E-state index is 0.204. The molecule has 13 heavy (non-hydrogen) atoms. The van der Waals surface area contributed by atoms with Crippen LogP contribution in [0.15, 0.2) is 23.1 Å². The fourth-order valence-corrected chi connectivity index (χ4v) is 2.83. The summed E-state index contributed by atoms with van der Waals surface area (Å²) in [5, 5.41) is 1.49. The minimum Gasteiger partial charge on any atom is -0.194 e. The molecule has 68 valence electrons. The molecule has 0 radical (unpaired) electrons. The maximum Gasteiger partial charge on any atom is 0.190 e. The van der Waals surface area contributed by atoms with E-state index in [9.17, 15) is 4.39 Å². The zero-order chi connectivity index (χ0) is 9.42. The Balaban J connectivity index is 2.73. The van der Waals surface area contributed by atoms with Gasteiger partial charge in [-0.3, -0.25) is 0 Å². The predicted molar refractivity (Wildman–Crippen MR) is 61.7 cm³/mol. The van der Waals surface area contributed by atoms with Crippen LogP contribution in [0.4, 0.5) is 4.39 Å². The maximum atomic E-state index is 13.1. The smallest absolute Gasteiger partial charge is 0.190 e. The van der Waals surface area contributed by atoms with Crippen molar-refractivity contribution in [2.45, 2.75) is 10.2 Å². The van der Waals surface area contributed by atoms with Gasteiger partial charge in [0.05, 0.1) is 4.90 Å². The molecular formula is C9H6BrFS2. The molecule has 0 unspecified atom stereocenters. The van der Waals surface area contributed by atoms with Gasteiger partial charge in [-0.1, -0.05) is 28.1 Å². The van der Waals surface area contributed by atoms with E-state index in [1.807, 2.05) is 18.2 Å². The van der Waals surface area contributed by atoms with E-state index in [4.69, 9.17) is 0 Å². The highest BCUT2D eigenvalue weighted by atomic mass is 79.9. The molecule has 1 aromatic heterocycles. The highest BCUT2D eigenvalue weighted by Crippen LogP contribution is 2.33. The van der Waals surface area contributed by atoms with E-state index < -0.39 is 0 Å². The van der Waals surface area contributed by atoms with Gasteiger partial charge in [0.25, 0.3) is 0 Å². The second kappa shape index (κ2) is 3.59. The lowest BCUT2D eigenvalue weighted by Gasteiger charge is -1.94. The predicted octanol–water partition coefficient (Wildman–Crippen LogP) is 4.22. The van der Waals surface area contributed by atoms with E-state index in [1.165, 1.54) is 0 Å². The molecule has 0 amide bonds. The van der Waals surface area contributed by atoms with Crippen LogP contribution in [0.25, 0.3) is 10.1 Å². The van der Waals surface area contributed by atoms with Crippen molar-refractivity contribution in [3.63, 3.8) is 0 Å². The summed E-state index contributed by atoms with van der Waals surface area (Å²) in [5.41, 5.74) is 1.15. The number of halogens is 2. The number of benzene rings is 1. The summed E-state index contributed by atoms with van der Waals surface area (Å²) in [4.78, 5) is 0.459. The van der Waals surface area contributed by atoms with Gasteiger partial charge < -0.3 is 0 Å². The Bertz CT molecular complexity index is 450. The molecule has 1 aromatic carbocycles. The van der Waals surface area contributed by atoms with Gasteiger partial charge in [-0.05, 0) is 11.6 Å². The molecule has 0 aliphatic carbocycles. The summed E-state index contributed by atoms with van der Waals surface area (Å²) >= 11 is 8.61. The second-order valence-electron chi connectivity index (χ2n) is 2.69. The zero-order valence-corrected chi connectivity index (χ0v) is 9.85. The van der Waals surface area contributed by atoms with Gasteiger partial charge in [0.1, 0.15) is 0 Å². The minimum atomic E-state index is -0.204. The largest absolute Gasteiger partial charge is 0.194 e. The van der Waals surface area contributed by atoms with E-state index in [0.717, 1.165) is 32.3 Å². The van der Waals surface area contributed by atoms with E-state index in [0.29, 0.717) is 4.90 Å². The number of hydrogen-bond donors (Lipinski definition) is 1. The third-order valence-electron chi connectivity index (χ3n) is 1.84. The third kappa shape index (κ3) is 1.63. The van der Waals surface area contributed by atoms with Crippen molar-refractivity contribution >= 4 is 50.0 Å². The first-order chi connectivity index (χ1) is 6.22. The molecule has 0 aliphatic rings. The molecule has 0 spiro atoms. The van der Waals surface area contributed by atoms with Crippen molar-refractivity contribution in [2.75, 3.05) is 0 Å². The molecule has 4 heteroatoms. The Morgan fingerprint density at radius 1 is 1.46 bits per heavy atom. The second-order valence-corrected chi connectivity index (χ2v) is 4.70. The summed E-state index contributed by atoms with van der Waals surface area (Å²) in [6.07, 6.45) is 0. The van der Waals surface area contributed by atoms with Gasteiger partial charge >= 0.3 is 0 Å². The van der Waals surface area contributed by atoms with Crippen LogP contribution in [-0.4, -0.2) is 0 Å². The quantitative estimate of drug-likeness (QED) is 0.585. The molecule has 0 fully saturated rings. The lowest BCUT2D eigenvalue weighted by Crippen LogP contribution is -1.74. The first-order valence-electron chi connectivity index (χ1n) is 3.68. The Hall–Kier alpha value is -0.0600. The maximum absolute atomic E-state index is 13.1. The Kier molecular flexibility index (Phi) is 2.62. The first kappa shape index (κ1) is 9.49. The lowest BCUT2D eigenvalue weighted by molar-refractivity contribution is 0.636.